The molecule has 0 spiro atoms. The van der Waals surface area contributed by atoms with E-state index in [0.29, 0.717) is 23.8 Å². The Kier molecular flexibility index (Phi) is 7.37. The van der Waals surface area contributed by atoms with Gasteiger partial charge in [0.15, 0.2) is 5.15 Å². The molecule has 0 radical (unpaired) electrons. The second-order valence-electron chi connectivity index (χ2n) is 5.43. The number of pyridine rings is 1. The molecule has 3 heterocycles. The van der Waals surface area contributed by atoms with Crippen LogP contribution in [0, 0.1) is 0 Å². The van der Waals surface area contributed by atoms with E-state index in [4.69, 9.17) is 21.5 Å². The first-order valence-electron chi connectivity index (χ1n) is 8.05. The number of halogens is 4. The zero-order chi connectivity index (χ0) is 21.4. The highest BCUT2D eigenvalue weighted by Gasteiger charge is 2.38. The highest BCUT2D eigenvalue weighted by atomic mass is 35.5. The van der Waals surface area contributed by atoms with Gasteiger partial charge in [0, 0.05) is 37.6 Å². The molecule has 0 aliphatic heterocycles. The van der Waals surface area contributed by atoms with Gasteiger partial charge in [-0.05, 0) is 18.2 Å². The summed E-state index contributed by atoms with van der Waals surface area (Å²) in [6, 6.07) is 5.62. The van der Waals surface area contributed by atoms with Crippen molar-refractivity contribution in [2.75, 3.05) is 6.54 Å². The van der Waals surface area contributed by atoms with E-state index >= 15 is 0 Å². The summed E-state index contributed by atoms with van der Waals surface area (Å²) in [5.74, 6) is -2.10. The number of hydrogen-bond acceptors (Lipinski definition) is 4. The van der Waals surface area contributed by atoms with Crippen LogP contribution in [0.25, 0.3) is 11.7 Å². The molecule has 12 heteroatoms. The van der Waals surface area contributed by atoms with Gasteiger partial charge in [-0.15, -0.1) is 0 Å². The van der Waals surface area contributed by atoms with Gasteiger partial charge in [0.2, 0.25) is 5.91 Å². The first kappa shape index (κ1) is 22.0. The van der Waals surface area contributed by atoms with Crippen molar-refractivity contribution in [1.82, 2.24) is 24.7 Å². The molecule has 0 fully saturated rings. The molecule has 0 saturated heterocycles. The first-order valence-corrected chi connectivity index (χ1v) is 8.43. The molecule has 3 aromatic rings. The van der Waals surface area contributed by atoms with Crippen molar-refractivity contribution in [1.29, 1.82) is 0 Å². The largest absolute Gasteiger partial charge is 0.490 e. The number of H-pyrrole nitrogens is 1. The molecule has 0 aliphatic rings. The lowest BCUT2D eigenvalue weighted by atomic mass is 10.3. The summed E-state index contributed by atoms with van der Waals surface area (Å²) in [6.45, 7) is 0.511. The minimum atomic E-state index is -5.08. The quantitative estimate of drug-likeness (QED) is 0.540. The predicted molar refractivity (Wildman–Crippen MR) is 98.2 cm³/mol. The third-order valence-corrected chi connectivity index (χ3v) is 3.65. The van der Waals surface area contributed by atoms with E-state index in [1.165, 1.54) is 6.08 Å². The van der Waals surface area contributed by atoms with Crippen molar-refractivity contribution in [3.05, 3.63) is 59.5 Å². The number of carbonyl (C=O) groups excluding carboxylic acids is 1. The molecule has 0 aromatic carbocycles. The lowest BCUT2D eigenvalue weighted by Gasteiger charge is -2.00. The van der Waals surface area contributed by atoms with Crippen molar-refractivity contribution >= 4 is 35.2 Å². The second kappa shape index (κ2) is 9.73. The number of nitrogens with zero attached hydrogens (tertiary/aromatic N) is 3. The number of carboxylic acids is 1. The molecular weight excluding hydrogens is 415 g/mol. The lowest BCUT2D eigenvalue weighted by Crippen LogP contribution is -2.23. The number of carboxylic acid groups (broad SMARTS) is 1. The fourth-order valence-corrected chi connectivity index (χ4v) is 2.33. The van der Waals surface area contributed by atoms with Gasteiger partial charge in [-0.2, -0.15) is 13.2 Å². The second-order valence-corrected chi connectivity index (χ2v) is 5.79. The lowest BCUT2D eigenvalue weighted by molar-refractivity contribution is -0.192. The number of aliphatic carboxylic acids is 1. The molecular formula is C17H15ClF3N5O3. The molecule has 0 atom stereocenters. The molecule has 0 unspecified atom stereocenters. The van der Waals surface area contributed by atoms with Crippen LogP contribution >= 0.6 is 11.6 Å². The molecule has 0 aliphatic carbocycles. The van der Waals surface area contributed by atoms with Crippen LogP contribution in [0.15, 0.2) is 42.9 Å². The van der Waals surface area contributed by atoms with Crippen LogP contribution in [0.1, 0.15) is 11.5 Å². The summed E-state index contributed by atoms with van der Waals surface area (Å²) >= 11 is 6.10. The Morgan fingerprint density at radius 1 is 1.34 bits per heavy atom. The Morgan fingerprint density at radius 3 is 2.69 bits per heavy atom. The summed E-state index contributed by atoms with van der Waals surface area (Å²) in [4.78, 5) is 32.0. The molecule has 1 amide bonds. The molecule has 8 nitrogen and oxygen atoms in total. The number of imidazole rings is 2. The minimum absolute atomic E-state index is 0.187. The first-order chi connectivity index (χ1) is 13.7. The summed E-state index contributed by atoms with van der Waals surface area (Å²) in [5, 5.41) is 10.3. The van der Waals surface area contributed by atoms with E-state index in [2.05, 4.69) is 20.3 Å². The Bertz CT molecular complexity index is 1000. The zero-order valence-electron chi connectivity index (χ0n) is 14.7. The van der Waals surface area contributed by atoms with E-state index in [-0.39, 0.29) is 5.91 Å². The third kappa shape index (κ3) is 6.64. The fraction of sp³-hybridized carbons (Fsp3) is 0.176. The number of aromatic amines is 1. The summed E-state index contributed by atoms with van der Waals surface area (Å²) < 4.78 is 33.6. The number of rotatable bonds is 5. The number of aromatic nitrogens is 4. The number of nitrogens with one attached hydrogen (secondary N) is 2. The van der Waals surface area contributed by atoms with E-state index in [1.807, 2.05) is 28.8 Å². The van der Waals surface area contributed by atoms with Crippen LogP contribution < -0.4 is 5.32 Å². The van der Waals surface area contributed by atoms with Gasteiger partial charge < -0.3 is 15.4 Å². The van der Waals surface area contributed by atoms with Gasteiger partial charge in [-0.25, -0.2) is 14.8 Å². The smallest absolute Gasteiger partial charge is 0.475 e. The third-order valence-electron chi connectivity index (χ3n) is 3.37. The number of fused-ring (bicyclic) bond motifs is 1. The van der Waals surface area contributed by atoms with Gasteiger partial charge >= 0.3 is 12.1 Å². The average Bonchev–Trinajstić information content (AvgIpc) is 3.27. The Hall–Kier alpha value is -3.34. The molecule has 29 heavy (non-hydrogen) atoms. The fourth-order valence-electron chi connectivity index (χ4n) is 2.09. The van der Waals surface area contributed by atoms with E-state index in [0.717, 1.165) is 11.5 Å². The Balaban J connectivity index is 0.000000370. The number of alkyl halides is 3. The van der Waals surface area contributed by atoms with E-state index in [9.17, 15) is 18.0 Å². The Morgan fingerprint density at radius 2 is 2.07 bits per heavy atom. The maximum atomic E-state index is 11.8. The summed E-state index contributed by atoms with van der Waals surface area (Å²) in [6.07, 6.45) is 3.97. The monoisotopic (exact) mass is 429 g/mol. The molecule has 3 rings (SSSR count). The number of amides is 1. The van der Waals surface area contributed by atoms with Crippen molar-refractivity contribution in [3.63, 3.8) is 0 Å². The maximum absolute atomic E-state index is 11.8. The van der Waals surface area contributed by atoms with Gasteiger partial charge in [0.05, 0.1) is 5.69 Å². The topological polar surface area (TPSA) is 112 Å². The zero-order valence-corrected chi connectivity index (χ0v) is 15.4. The van der Waals surface area contributed by atoms with Crippen molar-refractivity contribution in [3.8, 4) is 0 Å². The van der Waals surface area contributed by atoms with Crippen LogP contribution in [-0.2, 0) is 16.0 Å². The molecule has 3 aromatic heterocycles. The van der Waals surface area contributed by atoms with Crippen LogP contribution in [0.5, 0.6) is 0 Å². The van der Waals surface area contributed by atoms with Crippen LogP contribution in [0.2, 0.25) is 5.15 Å². The van der Waals surface area contributed by atoms with Crippen molar-refractivity contribution in [2.45, 2.75) is 12.6 Å². The normalized spacial score (nSPS) is 11.3. The predicted octanol–water partition coefficient (Wildman–Crippen LogP) is 2.72. The van der Waals surface area contributed by atoms with Gasteiger partial charge in [-0.1, -0.05) is 17.7 Å². The van der Waals surface area contributed by atoms with Gasteiger partial charge in [0.1, 0.15) is 11.5 Å². The summed E-state index contributed by atoms with van der Waals surface area (Å²) in [7, 11) is 0. The molecule has 0 saturated carbocycles. The average molecular weight is 430 g/mol. The van der Waals surface area contributed by atoms with Crippen LogP contribution in [-0.4, -0.2) is 49.1 Å². The SMILES string of the molecule is O=C(/C=C/c1c(Cl)nc2ccccn12)NCCc1ncc[nH]1.O=C(O)C(F)(F)F. The van der Waals surface area contributed by atoms with Crippen molar-refractivity contribution < 1.29 is 27.9 Å². The highest BCUT2D eigenvalue weighted by Crippen LogP contribution is 2.18. The molecule has 154 valence electrons. The highest BCUT2D eigenvalue weighted by molar-refractivity contribution is 6.31. The van der Waals surface area contributed by atoms with E-state index in [1.54, 1.807) is 18.5 Å². The minimum Gasteiger partial charge on any atom is -0.475 e. The number of carbonyl (C=O) groups is 2. The van der Waals surface area contributed by atoms with Gasteiger partial charge in [0.25, 0.3) is 0 Å². The van der Waals surface area contributed by atoms with Crippen LogP contribution in [0.3, 0.4) is 0 Å². The maximum Gasteiger partial charge on any atom is 0.490 e. The van der Waals surface area contributed by atoms with Crippen molar-refractivity contribution in [2.24, 2.45) is 0 Å². The van der Waals surface area contributed by atoms with Crippen LogP contribution in [0.4, 0.5) is 13.2 Å². The summed E-state index contributed by atoms with van der Waals surface area (Å²) in [5.41, 5.74) is 1.42. The van der Waals surface area contributed by atoms with Gasteiger partial charge in [-0.3, -0.25) is 9.20 Å². The Labute approximate surface area is 167 Å². The molecule has 0 bridgehead atoms. The van der Waals surface area contributed by atoms with E-state index < -0.39 is 12.1 Å². The molecule has 3 N–H and O–H groups in total. The standard InChI is InChI=1S/C15H14ClN5O.C2HF3O2/c16-15-11(21-10-2-1-3-13(21)20-15)4-5-14(22)19-7-6-12-17-8-9-18-12;3-2(4,5)1(6)7/h1-5,8-10H,6-7H2,(H,17,18)(H,19,22);(H,6,7)/b5-4+;. The number of hydrogen-bond donors (Lipinski definition) is 3.